The number of nitrogens with one attached hydrogen (secondary N) is 2. The van der Waals surface area contributed by atoms with Crippen LogP contribution in [0.3, 0.4) is 0 Å². The Morgan fingerprint density at radius 2 is 1.90 bits per heavy atom. The van der Waals surface area contributed by atoms with Crippen LogP contribution in [0.4, 0.5) is 14.5 Å². The maximum Gasteiger partial charge on any atom is 0.171 e. The number of hydrogen-bond acceptors (Lipinski definition) is 1. The average molecular weight is 371 g/mol. The maximum absolute atomic E-state index is 13.1. The molecule has 0 aliphatic heterocycles. The fourth-order valence-corrected chi connectivity index (χ4v) is 2.17. The van der Waals surface area contributed by atoms with Gasteiger partial charge in [-0.1, -0.05) is 22.0 Å². The lowest BCUT2D eigenvalue weighted by Gasteiger charge is -2.11. The molecule has 2 nitrogen and oxygen atoms in total. The summed E-state index contributed by atoms with van der Waals surface area (Å²) in [5.74, 6) is -1.72. The van der Waals surface area contributed by atoms with Crippen molar-refractivity contribution >= 4 is 38.9 Å². The Balaban J connectivity index is 1.92. The van der Waals surface area contributed by atoms with E-state index in [-0.39, 0.29) is 0 Å². The highest BCUT2D eigenvalue weighted by Crippen LogP contribution is 2.19. The number of anilines is 1. The van der Waals surface area contributed by atoms with E-state index in [1.807, 2.05) is 25.1 Å². The quantitative estimate of drug-likeness (QED) is 0.776. The molecule has 6 heteroatoms. The van der Waals surface area contributed by atoms with E-state index in [0.29, 0.717) is 17.2 Å². The lowest BCUT2D eigenvalue weighted by atomic mass is 10.2. The summed E-state index contributed by atoms with van der Waals surface area (Å²) in [5.41, 5.74) is 2.56. The van der Waals surface area contributed by atoms with E-state index < -0.39 is 11.6 Å². The first kappa shape index (κ1) is 15.9. The van der Waals surface area contributed by atoms with Crippen LogP contribution in [0.2, 0.25) is 0 Å². The lowest BCUT2D eigenvalue weighted by molar-refractivity contribution is 0.507. The summed E-state index contributed by atoms with van der Waals surface area (Å²) in [5, 5.41) is 6.40. The summed E-state index contributed by atoms with van der Waals surface area (Å²) >= 11 is 8.60. The molecule has 2 N–H and O–H groups in total. The molecule has 0 saturated heterocycles. The summed E-state index contributed by atoms with van der Waals surface area (Å²) in [4.78, 5) is 0. The summed E-state index contributed by atoms with van der Waals surface area (Å²) in [6, 6.07) is 9.53. The van der Waals surface area contributed by atoms with Gasteiger partial charge in [-0.3, -0.25) is 0 Å². The van der Waals surface area contributed by atoms with Crippen molar-refractivity contribution in [1.82, 2.24) is 5.32 Å². The smallest absolute Gasteiger partial charge is 0.171 e. The molecule has 0 fully saturated rings. The molecule has 0 saturated carbocycles. The Bertz CT molecular complexity index is 677. The van der Waals surface area contributed by atoms with Gasteiger partial charge in [0.25, 0.3) is 0 Å². The van der Waals surface area contributed by atoms with E-state index in [1.54, 1.807) is 0 Å². The summed E-state index contributed by atoms with van der Waals surface area (Å²) in [6.07, 6.45) is 0. The first-order valence-electron chi connectivity index (χ1n) is 6.20. The number of rotatable bonds is 3. The first-order valence-corrected chi connectivity index (χ1v) is 7.41. The van der Waals surface area contributed by atoms with Crippen molar-refractivity contribution in [1.29, 1.82) is 0 Å². The van der Waals surface area contributed by atoms with Crippen LogP contribution in [0.1, 0.15) is 11.1 Å². The average Bonchev–Trinajstić information content (AvgIpc) is 2.44. The van der Waals surface area contributed by atoms with Crippen molar-refractivity contribution in [3.05, 3.63) is 63.6 Å². The molecule has 0 aliphatic rings. The summed E-state index contributed by atoms with van der Waals surface area (Å²) in [6.45, 7) is 2.30. The van der Waals surface area contributed by atoms with E-state index in [1.165, 1.54) is 6.07 Å². The van der Waals surface area contributed by atoms with Crippen LogP contribution in [-0.2, 0) is 6.54 Å². The highest BCUT2D eigenvalue weighted by molar-refractivity contribution is 9.10. The number of aryl methyl sites for hydroxylation is 1. The molecule has 21 heavy (non-hydrogen) atoms. The first-order chi connectivity index (χ1) is 9.95. The molecule has 0 aliphatic carbocycles. The van der Waals surface area contributed by atoms with Crippen LogP contribution in [-0.4, -0.2) is 5.11 Å². The molecule has 0 aromatic heterocycles. The van der Waals surface area contributed by atoms with Gasteiger partial charge >= 0.3 is 0 Å². The van der Waals surface area contributed by atoms with Crippen molar-refractivity contribution < 1.29 is 8.78 Å². The van der Waals surface area contributed by atoms with E-state index >= 15 is 0 Å². The predicted octanol–water partition coefficient (Wildman–Crippen LogP) is 4.52. The summed E-state index contributed by atoms with van der Waals surface area (Å²) in [7, 11) is 0. The minimum Gasteiger partial charge on any atom is -0.358 e. The van der Waals surface area contributed by atoms with E-state index in [2.05, 4.69) is 26.6 Å². The van der Waals surface area contributed by atoms with Gasteiger partial charge in [0.15, 0.2) is 16.7 Å². The van der Waals surface area contributed by atoms with Gasteiger partial charge in [-0.05, 0) is 60.6 Å². The van der Waals surface area contributed by atoms with Crippen LogP contribution in [0.5, 0.6) is 0 Å². The zero-order valence-corrected chi connectivity index (χ0v) is 13.6. The Morgan fingerprint density at radius 1 is 1.14 bits per heavy atom. The molecule has 2 aromatic rings. The van der Waals surface area contributed by atoms with Crippen molar-refractivity contribution in [2.24, 2.45) is 0 Å². The molecule has 0 heterocycles. The molecular formula is C15H13BrF2N2S. The number of hydrogen-bond donors (Lipinski definition) is 2. The standard InChI is InChI=1S/C15H13BrF2N2S/c1-9-6-11(3-4-12(9)16)20-15(21)19-8-10-2-5-13(17)14(18)7-10/h2-7H,8H2,1H3,(H2,19,20,21). The minimum atomic E-state index is -0.864. The van der Waals surface area contributed by atoms with Crippen molar-refractivity contribution in [3.8, 4) is 0 Å². The molecule has 0 atom stereocenters. The third-order valence-electron chi connectivity index (χ3n) is 2.85. The second-order valence-electron chi connectivity index (χ2n) is 4.52. The fraction of sp³-hybridized carbons (Fsp3) is 0.133. The molecule has 0 radical (unpaired) electrons. The van der Waals surface area contributed by atoms with Gasteiger partial charge in [0, 0.05) is 16.7 Å². The third-order valence-corrected chi connectivity index (χ3v) is 3.99. The lowest BCUT2D eigenvalue weighted by Crippen LogP contribution is -2.27. The van der Waals surface area contributed by atoms with Crippen LogP contribution < -0.4 is 10.6 Å². The van der Waals surface area contributed by atoms with Crippen LogP contribution >= 0.6 is 28.1 Å². The van der Waals surface area contributed by atoms with Crippen molar-refractivity contribution in [2.75, 3.05) is 5.32 Å². The Labute approximate surface area is 135 Å². The van der Waals surface area contributed by atoms with E-state index in [0.717, 1.165) is 27.9 Å². The maximum atomic E-state index is 13.1. The van der Waals surface area contributed by atoms with Gasteiger partial charge in [0.2, 0.25) is 0 Å². The summed E-state index contributed by atoms with van der Waals surface area (Å²) < 4.78 is 26.9. The van der Waals surface area contributed by atoms with E-state index in [4.69, 9.17) is 12.2 Å². The topological polar surface area (TPSA) is 24.1 Å². The highest BCUT2D eigenvalue weighted by atomic mass is 79.9. The molecule has 2 rings (SSSR count). The van der Waals surface area contributed by atoms with Gasteiger partial charge < -0.3 is 10.6 Å². The Hall–Kier alpha value is -1.53. The van der Waals surface area contributed by atoms with Crippen LogP contribution in [0, 0.1) is 18.6 Å². The van der Waals surface area contributed by atoms with Crippen LogP contribution in [0.15, 0.2) is 40.9 Å². The molecule has 0 unspecified atom stereocenters. The zero-order valence-electron chi connectivity index (χ0n) is 11.2. The van der Waals surface area contributed by atoms with Gasteiger partial charge in [0.1, 0.15) is 0 Å². The number of halogens is 3. The minimum absolute atomic E-state index is 0.318. The molecule has 0 amide bonds. The van der Waals surface area contributed by atoms with Gasteiger partial charge in [0.05, 0.1) is 0 Å². The van der Waals surface area contributed by atoms with Gasteiger partial charge in [-0.2, -0.15) is 0 Å². The molecular weight excluding hydrogens is 358 g/mol. The Kier molecular flexibility index (Phi) is 5.25. The van der Waals surface area contributed by atoms with Gasteiger partial charge in [-0.15, -0.1) is 0 Å². The molecule has 2 aromatic carbocycles. The Morgan fingerprint density at radius 3 is 2.57 bits per heavy atom. The molecule has 0 spiro atoms. The van der Waals surface area contributed by atoms with Crippen molar-refractivity contribution in [3.63, 3.8) is 0 Å². The highest BCUT2D eigenvalue weighted by Gasteiger charge is 2.04. The largest absolute Gasteiger partial charge is 0.358 e. The predicted molar refractivity (Wildman–Crippen MR) is 88.3 cm³/mol. The molecule has 110 valence electrons. The number of thiocarbonyl (C=S) groups is 1. The van der Waals surface area contributed by atoms with Gasteiger partial charge in [-0.25, -0.2) is 8.78 Å². The van der Waals surface area contributed by atoms with Crippen LogP contribution in [0.25, 0.3) is 0 Å². The third kappa shape index (κ3) is 4.47. The SMILES string of the molecule is Cc1cc(NC(=S)NCc2ccc(F)c(F)c2)ccc1Br. The molecule has 0 bridgehead atoms. The zero-order chi connectivity index (χ0) is 15.4. The second-order valence-corrected chi connectivity index (χ2v) is 5.78. The monoisotopic (exact) mass is 370 g/mol. The van der Waals surface area contributed by atoms with Crippen molar-refractivity contribution in [2.45, 2.75) is 13.5 Å². The number of benzene rings is 2. The normalized spacial score (nSPS) is 10.3. The fourth-order valence-electron chi connectivity index (χ4n) is 1.73. The van der Waals surface area contributed by atoms with E-state index in [9.17, 15) is 8.78 Å². The second kappa shape index (κ2) is 6.95.